The molecule has 0 saturated carbocycles. The van der Waals surface area contributed by atoms with Crippen LogP contribution in [0.3, 0.4) is 0 Å². The second-order valence-corrected chi connectivity index (χ2v) is 4.79. The fourth-order valence-corrected chi connectivity index (χ4v) is 1.90. The molecule has 1 unspecified atom stereocenters. The second kappa shape index (κ2) is 8.95. The highest BCUT2D eigenvalue weighted by Gasteiger charge is 2.25. The van der Waals surface area contributed by atoms with Gasteiger partial charge in [0.25, 0.3) is 5.91 Å². The van der Waals surface area contributed by atoms with Crippen LogP contribution in [-0.4, -0.2) is 45.5 Å². The van der Waals surface area contributed by atoms with E-state index in [0.29, 0.717) is 11.6 Å². The van der Waals surface area contributed by atoms with Gasteiger partial charge in [-0.25, -0.2) is 9.69 Å². The average molecular weight is 331 g/mol. The van der Waals surface area contributed by atoms with Crippen molar-refractivity contribution in [1.82, 2.24) is 10.2 Å². The number of benzene rings is 1. The van der Waals surface area contributed by atoms with Crippen molar-refractivity contribution in [2.45, 2.75) is 19.4 Å². The van der Waals surface area contributed by atoms with E-state index < -0.39 is 23.8 Å². The number of carboxylic acid groups (broad SMARTS) is 1. The molecule has 126 valence electrons. The zero-order chi connectivity index (χ0) is 18.1. The molecule has 1 aromatic carbocycles. The molecule has 0 aromatic heterocycles. The number of amides is 2. The lowest BCUT2D eigenvalue weighted by Crippen LogP contribution is -2.48. The third-order valence-electron chi connectivity index (χ3n) is 3.07. The van der Waals surface area contributed by atoms with Gasteiger partial charge < -0.3 is 15.5 Å². The van der Waals surface area contributed by atoms with E-state index >= 15 is 0 Å². The molecule has 24 heavy (non-hydrogen) atoms. The molecular weight excluding hydrogens is 314 g/mol. The minimum atomic E-state index is -1.29. The molecule has 3 N–H and O–H groups in total. The summed E-state index contributed by atoms with van der Waals surface area (Å²) in [5, 5.41) is 29.2. The van der Waals surface area contributed by atoms with Crippen LogP contribution in [0.15, 0.2) is 36.4 Å². The van der Waals surface area contributed by atoms with Crippen molar-refractivity contribution >= 4 is 17.8 Å². The Balaban J connectivity index is 2.96. The standard InChI is InChI=1S/C16H17N3O5/c1-2-19(10-17)16(24)13(18-14(21)7-8-15(22)23)9-11-3-5-12(20)6-4-11/h3-8,13,20H,2,9H2,1H3,(H,18,21)(H,22,23). The number of rotatable bonds is 7. The quantitative estimate of drug-likeness (QED) is 0.376. The number of nitrogens with one attached hydrogen (secondary N) is 1. The number of likely N-dealkylation sites (N-methyl/N-ethyl adjacent to an activating group) is 1. The van der Waals surface area contributed by atoms with E-state index in [4.69, 9.17) is 10.4 Å². The molecular formula is C16H17N3O5. The van der Waals surface area contributed by atoms with Gasteiger partial charge in [-0.05, 0) is 24.6 Å². The topological polar surface area (TPSA) is 131 Å². The monoisotopic (exact) mass is 331 g/mol. The van der Waals surface area contributed by atoms with Crippen LogP contribution in [0.5, 0.6) is 5.75 Å². The first-order valence-electron chi connectivity index (χ1n) is 7.07. The smallest absolute Gasteiger partial charge is 0.328 e. The Morgan fingerprint density at radius 1 is 1.29 bits per heavy atom. The summed E-state index contributed by atoms with van der Waals surface area (Å²) < 4.78 is 0. The summed E-state index contributed by atoms with van der Waals surface area (Å²) in [6, 6.07) is 4.99. The van der Waals surface area contributed by atoms with E-state index in [0.717, 1.165) is 11.0 Å². The molecule has 8 heteroatoms. The molecule has 8 nitrogen and oxygen atoms in total. The molecule has 0 aliphatic carbocycles. The second-order valence-electron chi connectivity index (χ2n) is 4.79. The van der Waals surface area contributed by atoms with Crippen LogP contribution in [0, 0.1) is 11.5 Å². The molecule has 2 amide bonds. The van der Waals surface area contributed by atoms with Crippen LogP contribution < -0.4 is 5.32 Å². The Kier molecular flexibility index (Phi) is 6.97. The number of phenols is 1. The van der Waals surface area contributed by atoms with Gasteiger partial charge in [0, 0.05) is 25.1 Å². The fourth-order valence-electron chi connectivity index (χ4n) is 1.90. The number of nitrogens with zero attached hydrogens (tertiary/aromatic N) is 2. The molecule has 0 fully saturated rings. The van der Waals surface area contributed by atoms with Gasteiger partial charge in [-0.15, -0.1) is 0 Å². The van der Waals surface area contributed by atoms with Crippen LogP contribution in [0.25, 0.3) is 0 Å². The Bertz CT molecular complexity index is 676. The number of nitriles is 1. The van der Waals surface area contributed by atoms with Crippen LogP contribution in [0.4, 0.5) is 0 Å². The first-order chi connectivity index (χ1) is 11.4. The fraction of sp³-hybridized carbons (Fsp3) is 0.250. The minimum Gasteiger partial charge on any atom is -0.508 e. The van der Waals surface area contributed by atoms with Gasteiger partial charge in [0.05, 0.1) is 0 Å². The number of phenolic OH excluding ortho intramolecular Hbond substituents is 1. The van der Waals surface area contributed by atoms with Crippen molar-refractivity contribution in [3.8, 4) is 11.9 Å². The Labute approximate surface area is 138 Å². The highest BCUT2D eigenvalue weighted by molar-refractivity contribution is 5.96. The number of hydrogen-bond acceptors (Lipinski definition) is 5. The molecule has 0 radical (unpaired) electrons. The third kappa shape index (κ3) is 5.81. The Morgan fingerprint density at radius 2 is 1.92 bits per heavy atom. The van der Waals surface area contributed by atoms with Gasteiger partial charge in [-0.2, -0.15) is 5.26 Å². The molecule has 0 aliphatic rings. The van der Waals surface area contributed by atoms with Gasteiger partial charge in [0.2, 0.25) is 5.91 Å². The lowest BCUT2D eigenvalue weighted by molar-refractivity contribution is -0.132. The summed E-state index contributed by atoms with van der Waals surface area (Å²) in [5.41, 5.74) is 0.655. The molecule has 0 bridgehead atoms. The average Bonchev–Trinajstić information content (AvgIpc) is 2.55. The zero-order valence-electron chi connectivity index (χ0n) is 13.0. The SMILES string of the molecule is CCN(C#N)C(=O)C(Cc1ccc(O)cc1)NC(=O)C=CC(=O)O. The number of hydrogen-bond donors (Lipinski definition) is 3. The Morgan fingerprint density at radius 3 is 2.42 bits per heavy atom. The summed E-state index contributed by atoms with van der Waals surface area (Å²) in [7, 11) is 0. The van der Waals surface area contributed by atoms with Crippen LogP contribution in [0.2, 0.25) is 0 Å². The van der Waals surface area contributed by atoms with Gasteiger partial charge in [0.15, 0.2) is 6.19 Å². The molecule has 1 rings (SSSR count). The minimum absolute atomic E-state index is 0.0577. The summed E-state index contributed by atoms with van der Waals surface area (Å²) in [5.74, 6) is -2.60. The van der Waals surface area contributed by atoms with E-state index in [1.54, 1.807) is 25.2 Å². The number of carboxylic acids is 1. The molecule has 0 spiro atoms. The van der Waals surface area contributed by atoms with Crippen molar-refractivity contribution < 1.29 is 24.6 Å². The maximum absolute atomic E-state index is 12.3. The van der Waals surface area contributed by atoms with Crippen LogP contribution in [0.1, 0.15) is 12.5 Å². The summed E-state index contributed by atoms with van der Waals surface area (Å²) in [6.45, 7) is 1.76. The number of carbonyl (C=O) groups excluding carboxylic acids is 2. The van der Waals surface area contributed by atoms with Crippen molar-refractivity contribution in [3.05, 3.63) is 42.0 Å². The summed E-state index contributed by atoms with van der Waals surface area (Å²) in [4.78, 5) is 35.4. The lowest BCUT2D eigenvalue weighted by Gasteiger charge is -2.21. The van der Waals surface area contributed by atoms with Crippen molar-refractivity contribution in [3.63, 3.8) is 0 Å². The van der Waals surface area contributed by atoms with Gasteiger partial charge >= 0.3 is 5.97 Å². The van der Waals surface area contributed by atoms with Crippen LogP contribution >= 0.6 is 0 Å². The van der Waals surface area contributed by atoms with E-state index in [1.165, 1.54) is 12.1 Å². The maximum atomic E-state index is 12.3. The lowest BCUT2D eigenvalue weighted by atomic mass is 10.0. The Hall–Kier alpha value is -3.34. The van der Waals surface area contributed by atoms with Crippen LogP contribution in [-0.2, 0) is 20.8 Å². The normalized spacial score (nSPS) is 11.5. The van der Waals surface area contributed by atoms with E-state index in [2.05, 4.69) is 5.32 Å². The molecule has 0 saturated heterocycles. The summed E-state index contributed by atoms with van der Waals surface area (Å²) >= 11 is 0. The highest BCUT2D eigenvalue weighted by Crippen LogP contribution is 2.12. The number of aromatic hydroxyl groups is 1. The number of carbonyl (C=O) groups is 3. The third-order valence-corrected chi connectivity index (χ3v) is 3.07. The van der Waals surface area contributed by atoms with E-state index in [-0.39, 0.29) is 18.7 Å². The molecule has 1 atom stereocenters. The molecule has 0 heterocycles. The molecule has 0 aliphatic heterocycles. The maximum Gasteiger partial charge on any atom is 0.328 e. The predicted octanol–water partition coefficient (Wildman–Crippen LogP) is 0.390. The van der Waals surface area contributed by atoms with Crippen molar-refractivity contribution in [1.29, 1.82) is 5.26 Å². The molecule has 1 aromatic rings. The van der Waals surface area contributed by atoms with Crippen molar-refractivity contribution in [2.75, 3.05) is 6.54 Å². The van der Waals surface area contributed by atoms with Gasteiger partial charge in [0.1, 0.15) is 11.8 Å². The largest absolute Gasteiger partial charge is 0.508 e. The number of aliphatic carboxylic acids is 1. The van der Waals surface area contributed by atoms with E-state index in [9.17, 15) is 19.5 Å². The van der Waals surface area contributed by atoms with Gasteiger partial charge in [-0.3, -0.25) is 9.59 Å². The highest BCUT2D eigenvalue weighted by atomic mass is 16.4. The summed E-state index contributed by atoms with van der Waals surface area (Å²) in [6.07, 6.45) is 3.26. The first-order valence-corrected chi connectivity index (χ1v) is 7.07. The first kappa shape index (κ1) is 18.7. The van der Waals surface area contributed by atoms with Gasteiger partial charge in [-0.1, -0.05) is 12.1 Å². The van der Waals surface area contributed by atoms with Crippen molar-refractivity contribution in [2.24, 2.45) is 0 Å². The predicted molar refractivity (Wildman–Crippen MR) is 83.5 cm³/mol. The van der Waals surface area contributed by atoms with E-state index in [1.807, 2.05) is 0 Å². The zero-order valence-corrected chi connectivity index (χ0v) is 13.0.